The van der Waals surface area contributed by atoms with Gasteiger partial charge in [-0.15, -0.1) is 11.3 Å². The molecule has 2 aromatic heterocycles. The monoisotopic (exact) mass is 323 g/mol. The van der Waals surface area contributed by atoms with Gasteiger partial charge in [0.2, 0.25) is 0 Å². The Hall–Kier alpha value is -1.85. The molecule has 0 unspecified atom stereocenters. The maximum Gasteiger partial charge on any atom is 0.307 e. The van der Waals surface area contributed by atoms with Gasteiger partial charge >= 0.3 is 5.97 Å². The summed E-state index contributed by atoms with van der Waals surface area (Å²) in [5.74, 6) is -1.33. The molecule has 0 atom stereocenters. The molecule has 0 bridgehead atoms. The summed E-state index contributed by atoms with van der Waals surface area (Å²) in [6.07, 6.45) is -0.173. The number of aromatic nitrogens is 1. The summed E-state index contributed by atoms with van der Waals surface area (Å²) in [7, 11) is 0. The molecule has 2 N–H and O–H groups in total. The minimum absolute atomic E-state index is 0.173. The van der Waals surface area contributed by atoms with Crippen molar-refractivity contribution in [3.8, 4) is 10.6 Å². The summed E-state index contributed by atoms with van der Waals surface area (Å²) >= 11 is 7.31. The van der Waals surface area contributed by atoms with Crippen LogP contribution in [0.1, 0.15) is 11.1 Å². The first-order valence-electron chi connectivity index (χ1n) is 6.24. The van der Waals surface area contributed by atoms with Crippen LogP contribution < -0.4 is 0 Å². The van der Waals surface area contributed by atoms with E-state index < -0.39 is 5.97 Å². The van der Waals surface area contributed by atoms with Crippen molar-refractivity contribution < 1.29 is 14.3 Å². The Morgan fingerprint density at radius 2 is 2.19 bits per heavy atom. The fraction of sp³-hybridized carbons (Fsp3) is 0.133. The van der Waals surface area contributed by atoms with Crippen molar-refractivity contribution in [3.63, 3.8) is 0 Å². The summed E-state index contributed by atoms with van der Waals surface area (Å²) < 4.78 is 14.3. The average molecular weight is 324 g/mol. The lowest BCUT2D eigenvalue weighted by molar-refractivity contribution is -0.136. The molecule has 3 rings (SSSR count). The molecule has 21 heavy (non-hydrogen) atoms. The maximum atomic E-state index is 13.7. The lowest BCUT2D eigenvalue weighted by Crippen LogP contribution is -2.00. The molecular formula is C15H11ClFNO2S. The van der Waals surface area contributed by atoms with E-state index in [1.807, 2.05) is 6.07 Å². The normalized spacial score (nSPS) is 11.2. The van der Waals surface area contributed by atoms with Gasteiger partial charge in [0.1, 0.15) is 5.82 Å². The zero-order valence-corrected chi connectivity index (χ0v) is 12.6. The highest BCUT2D eigenvalue weighted by Crippen LogP contribution is 2.37. The van der Waals surface area contributed by atoms with Crippen molar-refractivity contribution >= 4 is 39.8 Å². The molecule has 0 spiro atoms. The van der Waals surface area contributed by atoms with Gasteiger partial charge in [0.15, 0.2) is 0 Å². The van der Waals surface area contributed by atoms with Crippen molar-refractivity contribution in [1.82, 2.24) is 4.98 Å². The third kappa shape index (κ3) is 2.54. The van der Waals surface area contributed by atoms with Gasteiger partial charge in [0.25, 0.3) is 0 Å². The Balaban J connectivity index is 2.32. The third-order valence-corrected chi connectivity index (χ3v) is 4.57. The van der Waals surface area contributed by atoms with Crippen LogP contribution in [0.2, 0.25) is 4.34 Å². The average Bonchev–Trinajstić information content (AvgIpc) is 2.94. The fourth-order valence-electron chi connectivity index (χ4n) is 2.48. The quantitative estimate of drug-likeness (QED) is 0.738. The molecular weight excluding hydrogens is 313 g/mol. The molecule has 108 valence electrons. The minimum Gasteiger partial charge on any atom is -0.481 e. The Bertz CT molecular complexity index is 853. The largest absolute Gasteiger partial charge is 0.481 e. The van der Waals surface area contributed by atoms with Crippen LogP contribution >= 0.6 is 22.9 Å². The Labute approximate surface area is 129 Å². The van der Waals surface area contributed by atoms with E-state index in [9.17, 15) is 9.18 Å². The number of aliphatic carboxylic acids is 1. The number of benzene rings is 1. The summed E-state index contributed by atoms with van der Waals surface area (Å²) in [5, 5.41) is 9.74. The molecule has 0 saturated carbocycles. The van der Waals surface area contributed by atoms with Gasteiger partial charge < -0.3 is 10.1 Å². The molecule has 0 aliphatic rings. The van der Waals surface area contributed by atoms with Gasteiger partial charge in [-0.2, -0.15) is 0 Å². The van der Waals surface area contributed by atoms with Gasteiger partial charge in [-0.3, -0.25) is 4.79 Å². The molecule has 0 saturated heterocycles. The van der Waals surface area contributed by atoms with E-state index in [-0.39, 0.29) is 12.2 Å². The minimum atomic E-state index is -0.957. The second kappa shape index (κ2) is 5.16. The number of hydrogen-bond acceptors (Lipinski definition) is 2. The van der Waals surface area contributed by atoms with Gasteiger partial charge in [-0.25, -0.2) is 4.39 Å². The number of halogens is 2. The van der Waals surface area contributed by atoms with Gasteiger partial charge in [0, 0.05) is 10.9 Å². The number of thiophene rings is 1. The second-order valence-corrected chi connectivity index (χ2v) is 6.51. The number of H-pyrrole nitrogens is 1. The van der Waals surface area contributed by atoms with E-state index >= 15 is 0 Å². The number of hydrogen-bond donors (Lipinski definition) is 2. The van der Waals surface area contributed by atoms with E-state index in [2.05, 4.69) is 4.98 Å². The van der Waals surface area contributed by atoms with E-state index in [4.69, 9.17) is 16.7 Å². The zero-order valence-electron chi connectivity index (χ0n) is 11.0. The lowest BCUT2D eigenvalue weighted by Gasteiger charge is -2.00. The topological polar surface area (TPSA) is 53.1 Å². The van der Waals surface area contributed by atoms with Crippen molar-refractivity contribution in [2.24, 2.45) is 0 Å². The van der Waals surface area contributed by atoms with Gasteiger partial charge in [0.05, 0.1) is 21.3 Å². The number of aryl methyl sites for hydroxylation is 1. The van der Waals surface area contributed by atoms with Gasteiger partial charge in [-0.05, 0) is 42.3 Å². The lowest BCUT2D eigenvalue weighted by atomic mass is 10.0. The number of nitrogens with one attached hydrogen (secondary N) is 1. The van der Waals surface area contributed by atoms with Crippen LogP contribution in [0, 0.1) is 12.7 Å². The highest BCUT2D eigenvalue weighted by molar-refractivity contribution is 7.19. The highest BCUT2D eigenvalue weighted by Gasteiger charge is 2.18. The van der Waals surface area contributed by atoms with Crippen LogP contribution in [0.4, 0.5) is 4.39 Å². The molecule has 1 aromatic carbocycles. The van der Waals surface area contributed by atoms with Crippen molar-refractivity contribution in [2.75, 3.05) is 0 Å². The van der Waals surface area contributed by atoms with Crippen LogP contribution in [-0.2, 0) is 11.2 Å². The van der Waals surface area contributed by atoms with Crippen LogP contribution in [0.5, 0.6) is 0 Å². The highest BCUT2D eigenvalue weighted by atomic mass is 35.5. The molecule has 0 aliphatic carbocycles. The number of carboxylic acids is 1. The third-order valence-electron chi connectivity index (χ3n) is 3.32. The predicted molar refractivity (Wildman–Crippen MR) is 82.7 cm³/mol. The summed E-state index contributed by atoms with van der Waals surface area (Å²) in [6.45, 7) is 1.79. The first-order chi connectivity index (χ1) is 9.95. The molecule has 0 aliphatic heterocycles. The van der Waals surface area contributed by atoms with Crippen molar-refractivity contribution in [1.29, 1.82) is 0 Å². The SMILES string of the molecule is Cc1cc(F)cc2c(CC(=O)O)c(-c3ccc(Cl)s3)[nH]c12. The van der Waals surface area contributed by atoms with Crippen LogP contribution in [0.15, 0.2) is 24.3 Å². The molecule has 0 fully saturated rings. The maximum absolute atomic E-state index is 13.7. The summed E-state index contributed by atoms with van der Waals surface area (Å²) in [5.41, 5.74) is 2.77. The Morgan fingerprint density at radius 3 is 2.81 bits per heavy atom. The second-order valence-electron chi connectivity index (χ2n) is 4.80. The van der Waals surface area contributed by atoms with Gasteiger partial charge in [-0.1, -0.05) is 11.6 Å². The molecule has 3 aromatic rings. The number of rotatable bonds is 3. The Morgan fingerprint density at radius 1 is 1.43 bits per heavy atom. The number of carboxylic acid groups (broad SMARTS) is 1. The smallest absolute Gasteiger partial charge is 0.307 e. The molecule has 2 heterocycles. The van der Waals surface area contributed by atoms with Crippen LogP contribution in [0.25, 0.3) is 21.5 Å². The first-order valence-corrected chi connectivity index (χ1v) is 7.43. The number of carbonyl (C=O) groups is 1. The molecule has 0 radical (unpaired) electrons. The standard InChI is InChI=1S/C15H11ClFNO2S/c1-7-4-8(17)5-9-10(6-13(19)20)15(18-14(7)9)11-2-3-12(16)21-11/h2-5,18H,6H2,1H3,(H,19,20). The van der Waals surface area contributed by atoms with Crippen LogP contribution in [0.3, 0.4) is 0 Å². The molecule has 3 nitrogen and oxygen atoms in total. The van der Waals surface area contributed by atoms with E-state index in [0.717, 1.165) is 16.0 Å². The number of fused-ring (bicyclic) bond motifs is 1. The van der Waals surface area contributed by atoms with E-state index in [1.54, 1.807) is 13.0 Å². The number of aromatic amines is 1. The predicted octanol–water partition coefficient (Wildman–Crippen LogP) is 4.62. The van der Waals surface area contributed by atoms with E-state index in [0.29, 0.717) is 21.0 Å². The fourth-order valence-corrected chi connectivity index (χ4v) is 3.55. The first kappa shape index (κ1) is 14.1. The van der Waals surface area contributed by atoms with Crippen LogP contribution in [-0.4, -0.2) is 16.1 Å². The van der Waals surface area contributed by atoms with E-state index in [1.165, 1.54) is 23.5 Å². The van der Waals surface area contributed by atoms with Crippen molar-refractivity contribution in [3.05, 3.63) is 45.5 Å². The Kier molecular flexibility index (Phi) is 3.47. The zero-order chi connectivity index (χ0) is 15.1. The molecule has 6 heteroatoms. The van der Waals surface area contributed by atoms with Crippen molar-refractivity contribution in [2.45, 2.75) is 13.3 Å². The summed E-state index contributed by atoms with van der Waals surface area (Å²) in [6, 6.07) is 6.38. The molecule has 0 amide bonds. The summed E-state index contributed by atoms with van der Waals surface area (Å²) in [4.78, 5) is 15.2.